The first-order valence-corrected chi connectivity index (χ1v) is 7.59. The van der Waals surface area contributed by atoms with Gasteiger partial charge < -0.3 is 11.1 Å². The van der Waals surface area contributed by atoms with Crippen molar-refractivity contribution in [2.45, 2.75) is 43.3 Å². The summed E-state index contributed by atoms with van der Waals surface area (Å²) in [5.41, 5.74) is 5.33. The van der Waals surface area contributed by atoms with Crippen molar-refractivity contribution in [1.29, 1.82) is 0 Å². The Morgan fingerprint density at radius 3 is 2.33 bits per heavy atom. The summed E-state index contributed by atoms with van der Waals surface area (Å²) in [6.45, 7) is 3.60. The Labute approximate surface area is 126 Å². The monoisotopic (exact) mass is 320 g/mol. The Morgan fingerprint density at radius 1 is 1.24 bits per heavy atom. The van der Waals surface area contributed by atoms with Crippen molar-refractivity contribution in [2.75, 3.05) is 11.1 Å². The van der Waals surface area contributed by atoms with Gasteiger partial charge >= 0.3 is 6.18 Å². The van der Waals surface area contributed by atoms with Gasteiger partial charge in [-0.3, -0.25) is 4.79 Å². The lowest BCUT2D eigenvalue weighted by molar-refractivity contribution is -0.121. The normalized spacial score (nSPS) is 12.3. The molecule has 0 aliphatic carbocycles. The maximum Gasteiger partial charge on any atom is 0.398 e. The summed E-state index contributed by atoms with van der Waals surface area (Å²) in [4.78, 5) is 12.6. The zero-order valence-electron chi connectivity index (χ0n) is 12.0. The predicted molar refractivity (Wildman–Crippen MR) is 79.4 cm³/mol. The Bertz CT molecular complexity index is 487. The van der Waals surface area contributed by atoms with Crippen molar-refractivity contribution in [3.05, 3.63) is 24.3 Å². The molecule has 0 atom stereocenters. The van der Waals surface area contributed by atoms with Crippen LogP contribution in [-0.2, 0) is 4.79 Å². The van der Waals surface area contributed by atoms with Gasteiger partial charge in [-0.05, 0) is 25.0 Å². The average molecular weight is 320 g/mol. The molecule has 1 aromatic carbocycles. The summed E-state index contributed by atoms with van der Waals surface area (Å²) in [6.07, 6.45) is -3.35. The molecule has 21 heavy (non-hydrogen) atoms. The molecule has 0 bridgehead atoms. The topological polar surface area (TPSA) is 55.1 Å². The van der Waals surface area contributed by atoms with Crippen LogP contribution in [0.5, 0.6) is 0 Å². The van der Waals surface area contributed by atoms with Crippen LogP contribution in [-0.4, -0.2) is 23.4 Å². The SMILES string of the molecule is CCC(N)(CC)C(=O)Nc1ccccc1SCC(F)(F)F. The third kappa shape index (κ3) is 5.24. The van der Waals surface area contributed by atoms with E-state index in [1.54, 1.807) is 38.1 Å². The van der Waals surface area contributed by atoms with Gasteiger partial charge in [-0.15, -0.1) is 11.8 Å². The maximum atomic E-state index is 12.3. The zero-order chi connectivity index (χ0) is 16.1. The van der Waals surface area contributed by atoms with Crippen molar-refractivity contribution >= 4 is 23.4 Å². The molecule has 0 radical (unpaired) electrons. The number of para-hydroxylation sites is 1. The summed E-state index contributed by atoms with van der Waals surface area (Å²) in [7, 11) is 0. The minimum absolute atomic E-state index is 0.355. The largest absolute Gasteiger partial charge is 0.398 e. The smallest absolute Gasteiger partial charge is 0.323 e. The number of benzene rings is 1. The van der Waals surface area contributed by atoms with Gasteiger partial charge in [-0.25, -0.2) is 0 Å². The number of amides is 1. The number of rotatable bonds is 6. The second kappa shape index (κ2) is 7.17. The standard InChI is InChI=1S/C14H19F3N2OS/c1-3-13(18,4-2)12(20)19-10-7-5-6-8-11(10)21-9-14(15,16)17/h5-8H,3-4,9,18H2,1-2H3,(H,19,20). The van der Waals surface area contributed by atoms with E-state index in [1.165, 1.54) is 0 Å². The molecule has 0 unspecified atom stereocenters. The summed E-state index contributed by atoms with van der Waals surface area (Å²) in [6, 6.07) is 6.40. The number of hydrogen-bond donors (Lipinski definition) is 2. The first kappa shape index (κ1) is 17.8. The second-order valence-corrected chi connectivity index (χ2v) is 5.73. The Hall–Kier alpha value is -1.21. The fraction of sp³-hybridized carbons (Fsp3) is 0.500. The molecule has 0 saturated carbocycles. The number of nitrogens with two attached hydrogens (primary N) is 1. The Kier molecular flexibility index (Phi) is 6.10. The lowest BCUT2D eigenvalue weighted by Gasteiger charge is -2.25. The first-order valence-electron chi connectivity index (χ1n) is 6.60. The summed E-state index contributed by atoms with van der Waals surface area (Å²) >= 11 is 0.641. The van der Waals surface area contributed by atoms with Crippen LogP contribution in [0.3, 0.4) is 0 Å². The lowest BCUT2D eigenvalue weighted by Crippen LogP contribution is -2.50. The molecule has 0 heterocycles. The highest BCUT2D eigenvalue weighted by atomic mass is 32.2. The molecule has 1 amide bonds. The van der Waals surface area contributed by atoms with Crippen LogP contribution in [0.25, 0.3) is 0 Å². The number of alkyl halides is 3. The molecule has 0 aliphatic heterocycles. The molecule has 0 fully saturated rings. The number of anilines is 1. The first-order chi connectivity index (χ1) is 9.72. The molecule has 3 N–H and O–H groups in total. The van der Waals surface area contributed by atoms with Crippen LogP contribution in [0.4, 0.5) is 18.9 Å². The molecule has 0 saturated heterocycles. The van der Waals surface area contributed by atoms with Gasteiger partial charge in [0.1, 0.15) is 0 Å². The zero-order valence-corrected chi connectivity index (χ0v) is 12.8. The third-order valence-corrected chi connectivity index (χ3v) is 4.38. The highest BCUT2D eigenvalue weighted by Crippen LogP contribution is 2.32. The van der Waals surface area contributed by atoms with Gasteiger partial charge in [0.05, 0.1) is 17.0 Å². The molecule has 7 heteroatoms. The van der Waals surface area contributed by atoms with E-state index in [0.717, 1.165) is 0 Å². The fourth-order valence-electron chi connectivity index (χ4n) is 1.67. The van der Waals surface area contributed by atoms with Crippen molar-refractivity contribution in [3.63, 3.8) is 0 Å². The van der Waals surface area contributed by atoms with Gasteiger partial charge in [0.25, 0.3) is 0 Å². The lowest BCUT2D eigenvalue weighted by atomic mass is 9.93. The quantitative estimate of drug-likeness (QED) is 0.784. The van der Waals surface area contributed by atoms with E-state index >= 15 is 0 Å². The van der Waals surface area contributed by atoms with Crippen LogP contribution in [0.15, 0.2) is 29.2 Å². The maximum absolute atomic E-state index is 12.3. The van der Waals surface area contributed by atoms with E-state index in [-0.39, 0.29) is 5.91 Å². The predicted octanol–water partition coefficient (Wildman–Crippen LogP) is 3.80. The van der Waals surface area contributed by atoms with Gasteiger partial charge in [-0.2, -0.15) is 13.2 Å². The molecule has 0 spiro atoms. The van der Waals surface area contributed by atoms with Gasteiger partial charge in [0.2, 0.25) is 5.91 Å². The van der Waals surface area contributed by atoms with Crippen molar-refractivity contribution in [2.24, 2.45) is 5.73 Å². The van der Waals surface area contributed by atoms with E-state index < -0.39 is 17.5 Å². The van der Waals surface area contributed by atoms with Gasteiger partial charge in [0.15, 0.2) is 0 Å². The molecule has 0 aromatic heterocycles. The van der Waals surface area contributed by atoms with Gasteiger partial charge in [-0.1, -0.05) is 26.0 Å². The number of carbonyl (C=O) groups is 1. The number of hydrogen-bond acceptors (Lipinski definition) is 3. The van der Waals surface area contributed by atoms with Crippen LogP contribution in [0.1, 0.15) is 26.7 Å². The average Bonchev–Trinajstić information content (AvgIpc) is 2.44. The molecule has 1 rings (SSSR count). The van der Waals surface area contributed by atoms with Crippen molar-refractivity contribution in [3.8, 4) is 0 Å². The summed E-state index contributed by atoms with van der Waals surface area (Å²) in [5.74, 6) is -1.39. The van der Waals surface area contributed by atoms with Crippen LogP contribution < -0.4 is 11.1 Å². The molecule has 3 nitrogen and oxygen atoms in total. The minimum Gasteiger partial charge on any atom is -0.323 e. The van der Waals surface area contributed by atoms with E-state index in [4.69, 9.17) is 5.73 Å². The Balaban J connectivity index is 2.87. The van der Waals surface area contributed by atoms with E-state index in [1.807, 2.05) is 0 Å². The highest BCUT2D eigenvalue weighted by molar-refractivity contribution is 7.99. The van der Waals surface area contributed by atoms with E-state index in [9.17, 15) is 18.0 Å². The van der Waals surface area contributed by atoms with Crippen LogP contribution in [0.2, 0.25) is 0 Å². The number of halogens is 3. The molecule has 118 valence electrons. The van der Waals surface area contributed by atoms with Crippen molar-refractivity contribution in [1.82, 2.24) is 0 Å². The number of nitrogens with one attached hydrogen (secondary N) is 1. The number of carbonyl (C=O) groups excluding carboxylic acids is 1. The fourth-order valence-corrected chi connectivity index (χ4v) is 2.44. The van der Waals surface area contributed by atoms with E-state index in [0.29, 0.717) is 35.2 Å². The summed E-state index contributed by atoms with van der Waals surface area (Å²) < 4.78 is 36.9. The highest BCUT2D eigenvalue weighted by Gasteiger charge is 2.31. The third-order valence-electron chi connectivity index (χ3n) is 3.24. The van der Waals surface area contributed by atoms with Crippen LogP contribution in [0, 0.1) is 0 Å². The molecular formula is C14H19F3N2OS. The Morgan fingerprint density at radius 2 is 1.81 bits per heavy atom. The minimum atomic E-state index is -4.26. The van der Waals surface area contributed by atoms with Gasteiger partial charge in [0, 0.05) is 4.90 Å². The number of thioether (sulfide) groups is 1. The molecular weight excluding hydrogens is 301 g/mol. The summed E-state index contributed by atoms with van der Waals surface area (Å²) in [5, 5.41) is 2.64. The van der Waals surface area contributed by atoms with E-state index in [2.05, 4.69) is 5.32 Å². The molecule has 1 aromatic rings. The molecule has 0 aliphatic rings. The van der Waals surface area contributed by atoms with Crippen LogP contribution >= 0.6 is 11.8 Å². The van der Waals surface area contributed by atoms with Crippen molar-refractivity contribution < 1.29 is 18.0 Å². The second-order valence-electron chi connectivity index (χ2n) is 4.72.